The third kappa shape index (κ3) is 2.98. The lowest BCUT2D eigenvalue weighted by molar-refractivity contribution is 0.394. The van der Waals surface area contributed by atoms with Crippen LogP contribution in [0.2, 0.25) is 0 Å². The maximum atomic E-state index is 13.3. The van der Waals surface area contributed by atoms with Crippen LogP contribution in [0.1, 0.15) is 25.7 Å². The van der Waals surface area contributed by atoms with Crippen molar-refractivity contribution in [2.24, 2.45) is 0 Å². The summed E-state index contributed by atoms with van der Waals surface area (Å²) in [6, 6.07) is 12.4. The van der Waals surface area contributed by atoms with Gasteiger partial charge < -0.3 is 9.09 Å². The molecule has 0 saturated heterocycles. The molecule has 2 aromatic heterocycles. The van der Waals surface area contributed by atoms with Crippen LogP contribution in [0.4, 0.5) is 4.39 Å². The quantitative estimate of drug-likeness (QED) is 0.508. The first kappa shape index (κ1) is 16.4. The van der Waals surface area contributed by atoms with Crippen molar-refractivity contribution in [3.8, 4) is 22.8 Å². The monoisotopic (exact) mass is 350 g/mol. The van der Waals surface area contributed by atoms with Gasteiger partial charge >= 0.3 is 0 Å². The predicted molar refractivity (Wildman–Crippen MR) is 98.1 cm³/mol. The van der Waals surface area contributed by atoms with E-state index in [1.54, 1.807) is 19.1 Å². The number of imidazole rings is 1. The Kier molecular flexibility index (Phi) is 4.24. The van der Waals surface area contributed by atoms with Gasteiger partial charge in [0.25, 0.3) is 0 Å². The molecular formula is C20H19FN4O. The Labute approximate surface area is 150 Å². The number of unbranched alkanes of at least 4 members (excludes halogenated alkanes) is 1. The van der Waals surface area contributed by atoms with Crippen molar-refractivity contribution < 1.29 is 8.91 Å². The maximum Gasteiger partial charge on any atom is 0.223 e. The molecule has 4 rings (SSSR count). The molecule has 4 aromatic rings. The molecule has 0 aliphatic rings. The van der Waals surface area contributed by atoms with Crippen molar-refractivity contribution >= 4 is 11.0 Å². The summed E-state index contributed by atoms with van der Waals surface area (Å²) in [4.78, 5) is 9.09. The minimum Gasteiger partial charge on any atom is -0.339 e. The van der Waals surface area contributed by atoms with Crippen molar-refractivity contribution in [2.75, 3.05) is 0 Å². The second kappa shape index (κ2) is 6.71. The van der Waals surface area contributed by atoms with Crippen molar-refractivity contribution in [3.05, 3.63) is 54.2 Å². The normalized spacial score (nSPS) is 11.3. The molecule has 0 bridgehead atoms. The van der Waals surface area contributed by atoms with E-state index < -0.39 is 0 Å². The van der Waals surface area contributed by atoms with E-state index in [1.165, 1.54) is 12.1 Å². The molecular weight excluding hydrogens is 331 g/mol. The van der Waals surface area contributed by atoms with E-state index in [0.717, 1.165) is 47.4 Å². The molecule has 0 radical (unpaired) electrons. The first-order valence-electron chi connectivity index (χ1n) is 8.72. The van der Waals surface area contributed by atoms with Gasteiger partial charge in [0.1, 0.15) is 11.6 Å². The Balaban J connectivity index is 1.85. The van der Waals surface area contributed by atoms with Gasteiger partial charge in [-0.1, -0.05) is 18.5 Å². The molecule has 0 amide bonds. The van der Waals surface area contributed by atoms with E-state index in [2.05, 4.69) is 21.6 Å². The highest BCUT2D eigenvalue weighted by Crippen LogP contribution is 2.28. The fourth-order valence-electron chi connectivity index (χ4n) is 3.05. The standard InChI is InChI=1S/C20H19FN4O/c1-3-4-11-25-18-10-7-15(19-22-13(2)26-24-19)12-17(18)23-20(25)14-5-8-16(21)9-6-14/h5-10,12H,3-4,11H2,1-2H3. The molecule has 2 aromatic carbocycles. The first-order valence-corrected chi connectivity index (χ1v) is 8.72. The van der Waals surface area contributed by atoms with Gasteiger partial charge in [-0.25, -0.2) is 9.37 Å². The van der Waals surface area contributed by atoms with Crippen LogP contribution in [0.5, 0.6) is 0 Å². The Morgan fingerprint density at radius 1 is 1.04 bits per heavy atom. The lowest BCUT2D eigenvalue weighted by Crippen LogP contribution is -2.00. The van der Waals surface area contributed by atoms with Gasteiger partial charge in [0.2, 0.25) is 11.7 Å². The zero-order valence-electron chi connectivity index (χ0n) is 14.7. The minimum atomic E-state index is -0.250. The Bertz CT molecular complexity index is 1050. The van der Waals surface area contributed by atoms with Gasteiger partial charge in [-0.2, -0.15) is 4.98 Å². The number of benzene rings is 2. The van der Waals surface area contributed by atoms with Crippen molar-refractivity contribution in [2.45, 2.75) is 33.2 Å². The highest BCUT2D eigenvalue weighted by molar-refractivity contribution is 5.84. The van der Waals surface area contributed by atoms with E-state index >= 15 is 0 Å². The Morgan fingerprint density at radius 2 is 1.81 bits per heavy atom. The van der Waals surface area contributed by atoms with Gasteiger partial charge in [0, 0.05) is 24.6 Å². The van der Waals surface area contributed by atoms with Gasteiger partial charge in [0.05, 0.1) is 11.0 Å². The molecule has 0 aliphatic heterocycles. The van der Waals surface area contributed by atoms with Crippen molar-refractivity contribution in [1.29, 1.82) is 0 Å². The minimum absolute atomic E-state index is 0.250. The number of aryl methyl sites for hydroxylation is 2. The number of aromatic nitrogens is 4. The summed E-state index contributed by atoms with van der Waals surface area (Å²) in [6.45, 7) is 4.79. The van der Waals surface area contributed by atoms with Gasteiger partial charge in [-0.3, -0.25) is 0 Å². The van der Waals surface area contributed by atoms with Gasteiger partial charge in [0.15, 0.2) is 0 Å². The smallest absolute Gasteiger partial charge is 0.223 e. The summed E-state index contributed by atoms with van der Waals surface area (Å²) in [5, 5.41) is 3.98. The fourth-order valence-corrected chi connectivity index (χ4v) is 3.05. The summed E-state index contributed by atoms with van der Waals surface area (Å²) in [5.74, 6) is 1.67. The van der Waals surface area contributed by atoms with Crippen LogP contribution in [0.3, 0.4) is 0 Å². The highest BCUT2D eigenvalue weighted by Gasteiger charge is 2.15. The predicted octanol–water partition coefficient (Wildman–Crippen LogP) is 5.00. The number of hydrogen-bond acceptors (Lipinski definition) is 4. The van der Waals surface area contributed by atoms with Crippen LogP contribution in [-0.4, -0.2) is 19.7 Å². The third-order valence-corrected chi connectivity index (χ3v) is 4.37. The molecule has 0 fully saturated rings. The molecule has 6 heteroatoms. The zero-order chi connectivity index (χ0) is 18.1. The van der Waals surface area contributed by atoms with Gasteiger partial charge in [-0.15, -0.1) is 0 Å². The molecule has 0 aliphatic carbocycles. The molecule has 132 valence electrons. The number of hydrogen-bond donors (Lipinski definition) is 0. The van der Waals surface area contributed by atoms with Crippen LogP contribution in [-0.2, 0) is 6.54 Å². The molecule has 2 heterocycles. The summed E-state index contributed by atoms with van der Waals surface area (Å²) in [7, 11) is 0. The number of fused-ring (bicyclic) bond motifs is 1. The number of nitrogens with zero attached hydrogens (tertiary/aromatic N) is 4. The zero-order valence-corrected chi connectivity index (χ0v) is 14.7. The number of halogens is 1. The van der Waals surface area contributed by atoms with Crippen LogP contribution in [0.25, 0.3) is 33.8 Å². The van der Waals surface area contributed by atoms with Crippen LogP contribution in [0.15, 0.2) is 47.0 Å². The van der Waals surface area contributed by atoms with E-state index in [0.29, 0.717) is 11.7 Å². The van der Waals surface area contributed by atoms with Crippen LogP contribution < -0.4 is 0 Å². The Hall–Kier alpha value is -3.02. The second-order valence-corrected chi connectivity index (χ2v) is 6.29. The lowest BCUT2D eigenvalue weighted by atomic mass is 10.2. The van der Waals surface area contributed by atoms with E-state index in [1.807, 2.05) is 18.2 Å². The van der Waals surface area contributed by atoms with Gasteiger partial charge in [-0.05, 0) is 48.9 Å². The summed E-state index contributed by atoms with van der Waals surface area (Å²) >= 11 is 0. The van der Waals surface area contributed by atoms with E-state index in [-0.39, 0.29) is 5.82 Å². The third-order valence-electron chi connectivity index (χ3n) is 4.37. The molecule has 5 nitrogen and oxygen atoms in total. The SMILES string of the molecule is CCCCn1c(-c2ccc(F)cc2)nc2cc(-c3noc(C)n3)ccc21. The Morgan fingerprint density at radius 3 is 2.50 bits per heavy atom. The fraction of sp³-hybridized carbons (Fsp3) is 0.250. The summed E-state index contributed by atoms with van der Waals surface area (Å²) < 4.78 is 20.6. The number of rotatable bonds is 5. The molecule has 0 spiro atoms. The second-order valence-electron chi connectivity index (χ2n) is 6.29. The van der Waals surface area contributed by atoms with Crippen LogP contribution >= 0.6 is 0 Å². The van der Waals surface area contributed by atoms with Crippen molar-refractivity contribution in [3.63, 3.8) is 0 Å². The largest absolute Gasteiger partial charge is 0.339 e. The summed E-state index contributed by atoms with van der Waals surface area (Å²) in [5.41, 5.74) is 3.66. The molecule has 0 saturated carbocycles. The first-order chi connectivity index (χ1) is 12.7. The highest BCUT2D eigenvalue weighted by atomic mass is 19.1. The molecule has 0 atom stereocenters. The van der Waals surface area contributed by atoms with E-state index in [9.17, 15) is 4.39 Å². The van der Waals surface area contributed by atoms with E-state index in [4.69, 9.17) is 9.51 Å². The topological polar surface area (TPSA) is 56.7 Å². The average molecular weight is 350 g/mol. The average Bonchev–Trinajstić information content (AvgIpc) is 3.23. The molecule has 0 N–H and O–H groups in total. The van der Waals surface area contributed by atoms with Crippen molar-refractivity contribution in [1.82, 2.24) is 19.7 Å². The molecule has 0 unspecified atom stereocenters. The maximum absolute atomic E-state index is 13.3. The lowest BCUT2D eigenvalue weighted by Gasteiger charge is -2.08. The summed E-state index contributed by atoms with van der Waals surface area (Å²) in [6.07, 6.45) is 2.13. The van der Waals surface area contributed by atoms with Crippen LogP contribution in [0, 0.1) is 12.7 Å². The molecule has 26 heavy (non-hydrogen) atoms.